The summed E-state index contributed by atoms with van der Waals surface area (Å²) in [6, 6.07) is 5.01. The Morgan fingerprint density at radius 3 is 2.68 bits per heavy atom. The molecule has 6 nitrogen and oxygen atoms in total. The van der Waals surface area contributed by atoms with E-state index in [4.69, 9.17) is 11.6 Å². The number of piperidine rings is 1. The van der Waals surface area contributed by atoms with E-state index in [1.807, 2.05) is 24.0 Å². The van der Waals surface area contributed by atoms with Crippen molar-refractivity contribution in [2.45, 2.75) is 38.9 Å². The van der Waals surface area contributed by atoms with E-state index in [0.29, 0.717) is 34.9 Å². The molecular formula is C24H31ClF3N5O. The van der Waals surface area contributed by atoms with Gasteiger partial charge in [-0.2, -0.15) is 18.2 Å². The van der Waals surface area contributed by atoms with E-state index in [1.54, 1.807) is 13.0 Å². The van der Waals surface area contributed by atoms with Crippen LogP contribution in [0.5, 0.6) is 0 Å². The van der Waals surface area contributed by atoms with Gasteiger partial charge in [0.15, 0.2) is 0 Å². The van der Waals surface area contributed by atoms with E-state index >= 15 is 0 Å². The van der Waals surface area contributed by atoms with Crippen molar-refractivity contribution in [1.29, 1.82) is 0 Å². The SMILES string of the molecule is Cc1ccc(C(C)Nc2nc(N3CC(C4CCCN(CCO)C4)C3)ncc2C(F)(F)F)c(Cl)c1. The minimum absolute atomic E-state index is 0.158. The van der Waals surface area contributed by atoms with Crippen LogP contribution in [0.15, 0.2) is 24.4 Å². The summed E-state index contributed by atoms with van der Waals surface area (Å²) in [5.74, 6) is 1.04. The number of aromatic nitrogens is 2. The second-order valence-electron chi connectivity index (χ2n) is 9.41. The number of aryl methyl sites for hydroxylation is 1. The maximum absolute atomic E-state index is 13.7. The maximum Gasteiger partial charge on any atom is 0.421 e. The van der Waals surface area contributed by atoms with Crippen LogP contribution in [0, 0.1) is 18.8 Å². The molecule has 0 aliphatic carbocycles. The molecule has 1 aromatic carbocycles. The average molecular weight is 498 g/mol. The Morgan fingerprint density at radius 1 is 1.24 bits per heavy atom. The second kappa shape index (κ2) is 10.3. The van der Waals surface area contributed by atoms with Crippen LogP contribution in [-0.2, 0) is 6.18 Å². The average Bonchev–Trinajstić information content (AvgIpc) is 2.72. The molecular weight excluding hydrogens is 467 g/mol. The third-order valence-electron chi connectivity index (χ3n) is 6.87. The number of alkyl halides is 3. The Balaban J connectivity index is 1.48. The van der Waals surface area contributed by atoms with Gasteiger partial charge in [-0.15, -0.1) is 0 Å². The summed E-state index contributed by atoms with van der Waals surface area (Å²) in [5.41, 5.74) is 0.788. The first-order valence-electron chi connectivity index (χ1n) is 11.7. The van der Waals surface area contributed by atoms with E-state index in [9.17, 15) is 18.3 Å². The first kappa shape index (κ1) is 25.0. The second-order valence-corrected chi connectivity index (χ2v) is 9.82. The summed E-state index contributed by atoms with van der Waals surface area (Å²) in [6.07, 6.45) is -1.47. The van der Waals surface area contributed by atoms with Gasteiger partial charge in [-0.05, 0) is 62.3 Å². The number of anilines is 2. The zero-order valence-corrected chi connectivity index (χ0v) is 20.2. The van der Waals surface area contributed by atoms with Crippen LogP contribution in [0.1, 0.15) is 42.5 Å². The molecule has 34 heavy (non-hydrogen) atoms. The van der Waals surface area contributed by atoms with Crippen LogP contribution in [0.3, 0.4) is 0 Å². The Labute approximate surface area is 203 Å². The Kier molecular flexibility index (Phi) is 7.54. The molecule has 1 aromatic heterocycles. The van der Waals surface area contributed by atoms with E-state index in [-0.39, 0.29) is 12.4 Å². The monoisotopic (exact) mass is 497 g/mol. The van der Waals surface area contributed by atoms with Crippen molar-refractivity contribution < 1.29 is 18.3 Å². The van der Waals surface area contributed by atoms with E-state index in [2.05, 4.69) is 20.2 Å². The van der Waals surface area contributed by atoms with Crippen LogP contribution in [0.4, 0.5) is 24.9 Å². The summed E-state index contributed by atoms with van der Waals surface area (Å²) in [7, 11) is 0. The van der Waals surface area contributed by atoms with Gasteiger partial charge < -0.3 is 20.2 Å². The molecule has 2 saturated heterocycles. The van der Waals surface area contributed by atoms with Crippen molar-refractivity contribution in [3.63, 3.8) is 0 Å². The number of nitrogens with one attached hydrogen (secondary N) is 1. The van der Waals surface area contributed by atoms with Crippen LogP contribution in [0.25, 0.3) is 0 Å². The lowest BCUT2D eigenvalue weighted by Crippen LogP contribution is -2.54. The highest BCUT2D eigenvalue weighted by molar-refractivity contribution is 6.31. The number of halogens is 4. The molecule has 2 N–H and O–H groups in total. The normalized spacial score (nSPS) is 20.8. The standard InChI is InChI=1S/C24H31ClF3N5O/c1-15-5-6-19(21(25)10-15)16(2)30-22-20(24(26,27)28)11-29-23(31-22)33-13-18(14-33)17-4-3-7-32(12-17)8-9-34/h5-6,10-11,16-18,34H,3-4,7-9,12-14H2,1-2H3,(H,29,30,31). The number of aliphatic hydroxyl groups is 1. The zero-order chi connectivity index (χ0) is 24.5. The van der Waals surface area contributed by atoms with Crippen LogP contribution < -0.4 is 10.2 Å². The Morgan fingerprint density at radius 2 is 2.00 bits per heavy atom. The van der Waals surface area contributed by atoms with Crippen molar-refractivity contribution in [1.82, 2.24) is 14.9 Å². The number of rotatable bonds is 7. The van der Waals surface area contributed by atoms with E-state index < -0.39 is 17.8 Å². The molecule has 2 fully saturated rings. The maximum atomic E-state index is 13.7. The van der Waals surface area contributed by atoms with Gasteiger partial charge in [0.05, 0.1) is 12.6 Å². The summed E-state index contributed by atoms with van der Waals surface area (Å²) in [5, 5.41) is 12.6. The first-order valence-corrected chi connectivity index (χ1v) is 12.1. The molecule has 2 unspecified atom stereocenters. The third kappa shape index (κ3) is 5.58. The number of nitrogens with zero attached hydrogens (tertiary/aromatic N) is 4. The van der Waals surface area contributed by atoms with Crippen LogP contribution in [-0.4, -0.2) is 59.3 Å². The fourth-order valence-corrected chi connectivity index (χ4v) is 5.30. The minimum atomic E-state index is -4.58. The molecule has 2 atom stereocenters. The van der Waals surface area contributed by atoms with Crippen molar-refractivity contribution in [2.24, 2.45) is 11.8 Å². The quantitative estimate of drug-likeness (QED) is 0.574. The highest BCUT2D eigenvalue weighted by atomic mass is 35.5. The fraction of sp³-hybridized carbons (Fsp3) is 0.583. The fourth-order valence-electron chi connectivity index (χ4n) is 4.90. The molecule has 2 aliphatic heterocycles. The van der Waals surface area contributed by atoms with Gasteiger partial charge in [-0.1, -0.05) is 23.7 Å². The number of likely N-dealkylation sites (tertiary alicyclic amines) is 1. The van der Waals surface area contributed by atoms with Crippen molar-refractivity contribution in [3.05, 3.63) is 46.1 Å². The van der Waals surface area contributed by atoms with Gasteiger partial charge in [0.25, 0.3) is 0 Å². The molecule has 4 rings (SSSR count). The summed E-state index contributed by atoms with van der Waals surface area (Å²) < 4.78 is 41.1. The Bertz CT molecular complexity index is 997. The topological polar surface area (TPSA) is 64.5 Å². The molecule has 3 heterocycles. The smallest absolute Gasteiger partial charge is 0.395 e. The van der Waals surface area contributed by atoms with Crippen LogP contribution in [0.2, 0.25) is 5.02 Å². The molecule has 186 valence electrons. The molecule has 10 heteroatoms. The number of benzene rings is 1. The molecule has 0 amide bonds. The van der Waals surface area contributed by atoms with Crippen LogP contribution >= 0.6 is 11.6 Å². The van der Waals surface area contributed by atoms with Gasteiger partial charge >= 0.3 is 6.18 Å². The molecule has 0 bridgehead atoms. The van der Waals surface area contributed by atoms with Gasteiger partial charge in [-0.25, -0.2) is 4.98 Å². The molecule has 0 radical (unpaired) electrons. The summed E-state index contributed by atoms with van der Waals surface area (Å²) in [6.45, 7) is 7.92. The third-order valence-corrected chi connectivity index (χ3v) is 7.20. The molecule has 2 aromatic rings. The van der Waals surface area contributed by atoms with Gasteiger partial charge in [0, 0.05) is 37.4 Å². The number of aliphatic hydroxyl groups excluding tert-OH is 1. The summed E-state index contributed by atoms with van der Waals surface area (Å²) >= 11 is 6.33. The highest BCUT2D eigenvalue weighted by Crippen LogP contribution is 2.38. The lowest BCUT2D eigenvalue weighted by molar-refractivity contribution is -0.137. The Hall–Kier alpha value is -2.10. The zero-order valence-electron chi connectivity index (χ0n) is 19.4. The number of hydrogen-bond acceptors (Lipinski definition) is 6. The molecule has 2 aliphatic rings. The lowest BCUT2D eigenvalue weighted by atomic mass is 9.81. The lowest BCUT2D eigenvalue weighted by Gasteiger charge is -2.46. The van der Waals surface area contributed by atoms with Crippen molar-refractivity contribution >= 4 is 23.4 Å². The van der Waals surface area contributed by atoms with E-state index in [1.165, 1.54) is 0 Å². The first-order chi connectivity index (χ1) is 16.2. The van der Waals surface area contributed by atoms with E-state index in [0.717, 1.165) is 50.8 Å². The molecule has 0 spiro atoms. The largest absolute Gasteiger partial charge is 0.421 e. The van der Waals surface area contributed by atoms with Crippen molar-refractivity contribution in [2.75, 3.05) is 49.5 Å². The van der Waals surface area contributed by atoms with Gasteiger partial charge in [0.1, 0.15) is 11.4 Å². The summed E-state index contributed by atoms with van der Waals surface area (Å²) in [4.78, 5) is 12.6. The highest BCUT2D eigenvalue weighted by Gasteiger charge is 2.39. The number of β-amino-alcohol motifs (C(OH)–C–C–N with tert-alkyl or cyclic N) is 1. The van der Waals surface area contributed by atoms with Gasteiger partial charge in [0.2, 0.25) is 5.95 Å². The predicted octanol–water partition coefficient (Wildman–Crippen LogP) is 4.77. The number of hydrogen-bond donors (Lipinski definition) is 2. The van der Waals surface area contributed by atoms with Gasteiger partial charge in [-0.3, -0.25) is 0 Å². The molecule has 0 saturated carbocycles. The minimum Gasteiger partial charge on any atom is -0.395 e. The predicted molar refractivity (Wildman–Crippen MR) is 127 cm³/mol. The van der Waals surface area contributed by atoms with Crippen molar-refractivity contribution in [3.8, 4) is 0 Å².